The third-order valence-electron chi connectivity index (χ3n) is 3.97. The second kappa shape index (κ2) is 11.0. The first-order valence-corrected chi connectivity index (χ1v) is 9.36. The molecular formula is C23H21N3O5. The number of carbonyl (C=O) groups is 2. The number of nitrogens with one attached hydrogen (secondary N) is 2. The molecule has 2 aromatic carbocycles. The van der Waals surface area contributed by atoms with E-state index >= 15 is 0 Å². The van der Waals surface area contributed by atoms with Gasteiger partial charge in [0.1, 0.15) is 17.3 Å². The first kappa shape index (κ1) is 21.4. The number of methoxy groups -OCH3 is 1. The predicted octanol–water partition coefficient (Wildman–Crippen LogP) is 3.47. The molecule has 2 N–H and O–H groups in total. The topological polar surface area (TPSA) is 102 Å². The number of nitrogens with zero attached hydrogens (tertiary/aromatic N) is 1. The maximum absolute atomic E-state index is 11.9. The summed E-state index contributed by atoms with van der Waals surface area (Å²) >= 11 is 0. The van der Waals surface area contributed by atoms with Crippen LogP contribution in [0.2, 0.25) is 0 Å². The largest absolute Gasteiger partial charge is 0.495 e. The Kier molecular flexibility index (Phi) is 7.59. The van der Waals surface area contributed by atoms with Crippen molar-refractivity contribution in [2.24, 2.45) is 5.10 Å². The Morgan fingerprint density at radius 1 is 1.06 bits per heavy atom. The lowest BCUT2D eigenvalue weighted by Crippen LogP contribution is -2.26. The van der Waals surface area contributed by atoms with Gasteiger partial charge in [-0.1, -0.05) is 12.1 Å². The molecule has 0 bridgehead atoms. The first-order valence-electron chi connectivity index (χ1n) is 9.36. The van der Waals surface area contributed by atoms with Gasteiger partial charge in [0.15, 0.2) is 0 Å². The highest BCUT2D eigenvalue weighted by Crippen LogP contribution is 2.22. The molecule has 8 heteroatoms. The number of furan rings is 1. The van der Waals surface area contributed by atoms with Crippen molar-refractivity contribution in [3.8, 4) is 11.5 Å². The van der Waals surface area contributed by atoms with Crippen molar-refractivity contribution in [1.29, 1.82) is 0 Å². The van der Waals surface area contributed by atoms with Crippen LogP contribution < -0.4 is 20.2 Å². The number of carbonyl (C=O) groups excluding carboxylic acids is 2. The molecule has 31 heavy (non-hydrogen) atoms. The fourth-order valence-electron chi connectivity index (χ4n) is 2.49. The van der Waals surface area contributed by atoms with Crippen LogP contribution in [0.4, 0.5) is 5.69 Å². The number of amides is 1. The third-order valence-corrected chi connectivity index (χ3v) is 3.97. The lowest BCUT2D eigenvalue weighted by atomic mass is 10.2. The van der Waals surface area contributed by atoms with Crippen LogP contribution in [0.1, 0.15) is 11.3 Å². The summed E-state index contributed by atoms with van der Waals surface area (Å²) in [6, 6.07) is 17.4. The summed E-state index contributed by atoms with van der Waals surface area (Å²) in [5.41, 5.74) is 3.88. The van der Waals surface area contributed by atoms with E-state index in [1.54, 1.807) is 49.6 Å². The number of hydrogen-bond acceptors (Lipinski definition) is 7. The highest BCUT2D eigenvalue weighted by Gasteiger charge is 2.04. The van der Waals surface area contributed by atoms with Gasteiger partial charge in [0.2, 0.25) is 0 Å². The SMILES string of the molecule is COc1ccccc1NCC(=O)NN=Cc1ccc(OC(=O)C=Cc2ccco2)cc1. The van der Waals surface area contributed by atoms with Gasteiger partial charge in [-0.05, 0) is 60.2 Å². The van der Waals surface area contributed by atoms with Gasteiger partial charge in [-0.25, -0.2) is 10.2 Å². The molecule has 0 aliphatic carbocycles. The Balaban J connectivity index is 1.43. The fraction of sp³-hybridized carbons (Fsp3) is 0.0870. The van der Waals surface area contributed by atoms with E-state index in [0.29, 0.717) is 22.9 Å². The number of para-hydroxylation sites is 2. The van der Waals surface area contributed by atoms with E-state index in [1.165, 1.54) is 24.6 Å². The molecule has 0 atom stereocenters. The van der Waals surface area contributed by atoms with Crippen molar-refractivity contribution in [2.45, 2.75) is 0 Å². The second-order valence-electron chi connectivity index (χ2n) is 6.19. The lowest BCUT2D eigenvalue weighted by molar-refractivity contribution is -0.129. The highest BCUT2D eigenvalue weighted by atomic mass is 16.5. The van der Waals surface area contributed by atoms with Gasteiger partial charge in [0, 0.05) is 6.08 Å². The van der Waals surface area contributed by atoms with Crippen molar-refractivity contribution in [1.82, 2.24) is 5.43 Å². The number of hydrazone groups is 1. The summed E-state index contributed by atoms with van der Waals surface area (Å²) in [6.45, 7) is 0.0398. The van der Waals surface area contributed by atoms with Crippen LogP contribution in [0.5, 0.6) is 11.5 Å². The summed E-state index contributed by atoms with van der Waals surface area (Å²) in [5.74, 6) is 0.764. The zero-order valence-corrected chi connectivity index (χ0v) is 16.8. The number of hydrogen-bond donors (Lipinski definition) is 2. The zero-order valence-electron chi connectivity index (χ0n) is 16.8. The van der Waals surface area contributed by atoms with Gasteiger partial charge in [-0.2, -0.15) is 5.10 Å². The molecule has 8 nitrogen and oxygen atoms in total. The van der Waals surface area contributed by atoms with Crippen LogP contribution >= 0.6 is 0 Å². The van der Waals surface area contributed by atoms with Gasteiger partial charge < -0.3 is 19.2 Å². The van der Waals surface area contributed by atoms with Gasteiger partial charge >= 0.3 is 5.97 Å². The van der Waals surface area contributed by atoms with Crippen LogP contribution in [-0.4, -0.2) is 31.7 Å². The molecule has 158 valence electrons. The average molecular weight is 419 g/mol. The normalized spacial score (nSPS) is 10.9. The van der Waals surface area contributed by atoms with Gasteiger partial charge in [-0.15, -0.1) is 0 Å². The van der Waals surface area contributed by atoms with Gasteiger partial charge in [0.25, 0.3) is 5.91 Å². The maximum atomic E-state index is 11.9. The minimum Gasteiger partial charge on any atom is -0.495 e. The molecule has 0 aliphatic rings. The van der Waals surface area contributed by atoms with Crippen LogP contribution in [-0.2, 0) is 9.59 Å². The molecule has 0 saturated carbocycles. The average Bonchev–Trinajstić information content (AvgIpc) is 3.31. The molecule has 0 saturated heterocycles. The van der Waals surface area contributed by atoms with Gasteiger partial charge in [-0.3, -0.25) is 4.79 Å². The Morgan fingerprint density at radius 2 is 1.87 bits per heavy atom. The van der Waals surface area contributed by atoms with Crippen LogP contribution in [0, 0.1) is 0 Å². The molecule has 0 spiro atoms. The summed E-state index contributed by atoms with van der Waals surface area (Å²) in [7, 11) is 1.56. The van der Waals surface area contributed by atoms with E-state index < -0.39 is 5.97 Å². The van der Waals surface area contributed by atoms with Crippen molar-refractivity contribution < 1.29 is 23.5 Å². The Morgan fingerprint density at radius 3 is 2.61 bits per heavy atom. The zero-order chi connectivity index (χ0) is 21.9. The van der Waals surface area contributed by atoms with E-state index in [4.69, 9.17) is 13.9 Å². The standard InChI is InChI=1S/C23H21N3O5/c1-29-21-7-3-2-6-20(21)24-16-22(27)26-25-15-17-8-10-19(11-9-17)31-23(28)13-12-18-5-4-14-30-18/h2-15,24H,16H2,1H3,(H,26,27). The minimum atomic E-state index is -0.521. The Bertz CT molecular complexity index is 1060. The number of rotatable bonds is 9. The number of ether oxygens (including phenoxy) is 2. The Hall–Kier alpha value is -4.33. The van der Waals surface area contributed by atoms with Crippen LogP contribution in [0.25, 0.3) is 6.08 Å². The molecule has 0 fully saturated rings. The molecule has 0 radical (unpaired) electrons. The molecule has 3 rings (SSSR count). The van der Waals surface area contributed by atoms with E-state index in [2.05, 4.69) is 15.8 Å². The molecule has 1 amide bonds. The minimum absolute atomic E-state index is 0.0398. The number of benzene rings is 2. The first-order chi connectivity index (χ1) is 15.1. The smallest absolute Gasteiger partial charge is 0.336 e. The van der Waals surface area contributed by atoms with Crippen molar-refractivity contribution in [3.05, 3.63) is 84.3 Å². The molecule has 0 aliphatic heterocycles. The van der Waals surface area contributed by atoms with Crippen molar-refractivity contribution in [2.75, 3.05) is 19.0 Å². The molecule has 1 aromatic heterocycles. The summed E-state index contributed by atoms with van der Waals surface area (Å²) in [4.78, 5) is 23.7. The van der Waals surface area contributed by atoms with Gasteiger partial charge in [0.05, 0.1) is 31.8 Å². The van der Waals surface area contributed by atoms with E-state index in [1.807, 2.05) is 18.2 Å². The summed E-state index contributed by atoms with van der Waals surface area (Å²) in [5, 5.41) is 6.91. The van der Waals surface area contributed by atoms with Crippen LogP contribution in [0.15, 0.2) is 82.5 Å². The third kappa shape index (κ3) is 6.90. The summed E-state index contributed by atoms with van der Waals surface area (Å²) < 4.78 is 15.5. The van der Waals surface area contributed by atoms with E-state index in [-0.39, 0.29) is 12.5 Å². The second-order valence-corrected chi connectivity index (χ2v) is 6.19. The Labute approximate surface area is 179 Å². The van der Waals surface area contributed by atoms with Crippen molar-refractivity contribution in [3.63, 3.8) is 0 Å². The predicted molar refractivity (Wildman–Crippen MR) is 117 cm³/mol. The summed E-state index contributed by atoms with van der Waals surface area (Å²) in [6.07, 6.45) is 5.81. The number of esters is 1. The molecule has 1 heterocycles. The number of anilines is 1. The molecular weight excluding hydrogens is 398 g/mol. The lowest BCUT2D eigenvalue weighted by Gasteiger charge is -2.09. The van der Waals surface area contributed by atoms with Crippen molar-refractivity contribution >= 4 is 29.9 Å². The van der Waals surface area contributed by atoms with E-state index in [0.717, 1.165) is 5.56 Å². The maximum Gasteiger partial charge on any atom is 0.336 e. The highest BCUT2D eigenvalue weighted by molar-refractivity contribution is 5.88. The molecule has 0 unspecified atom stereocenters. The molecule has 3 aromatic rings. The monoisotopic (exact) mass is 419 g/mol. The fourth-order valence-corrected chi connectivity index (χ4v) is 2.49. The van der Waals surface area contributed by atoms with E-state index in [9.17, 15) is 9.59 Å². The van der Waals surface area contributed by atoms with Crippen LogP contribution in [0.3, 0.4) is 0 Å². The quantitative estimate of drug-likeness (QED) is 0.181.